The van der Waals surface area contributed by atoms with Crippen molar-refractivity contribution in [2.45, 2.75) is 95.5 Å². The van der Waals surface area contributed by atoms with Crippen LogP contribution in [0.5, 0.6) is 0 Å². The van der Waals surface area contributed by atoms with E-state index in [4.69, 9.17) is 19.3 Å². The number of nitrogens with one attached hydrogen (secondary N) is 1. The Labute approximate surface area is 284 Å². The lowest BCUT2D eigenvalue weighted by molar-refractivity contribution is -0.253. The summed E-state index contributed by atoms with van der Waals surface area (Å²) in [5.41, 5.74) is 6.07. The average molecular weight is 659 g/mol. The lowest BCUT2D eigenvalue weighted by atomic mass is 9.98. The maximum Gasteiger partial charge on any atom is 0.303 e. The van der Waals surface area contributed by atoms with Crippen LogP contribution < -0.4 is 5.32 Å². The summed E-state index contributed by atoms with van der Waals surface area (Å²) in [5.74, 6) is -0.761. The molecule has 0 aliphatic carbocycles. The van der Waals surface area contributed by atoms with Gasteiger partial charge < -0.3 is 29.7 Å². The SMILES string of the molecule is COC[C@@H]1CCCN1C[C@@H]1C[C@H](c2ccc(CO)cc2)O[C@H](c2ccc(-c3cccc(CNC(=O)CCCCCCC(=O)O)c3)cc2)O1. The first-order valence-corrected chi connectivity index (χ1v) is 17.3. The summed E-state index contributed by atoms with van der Waals surface area (Å²) in [6, 6.07) is 24.9. The Morgan fingerprint density at radius 3 is 2.38 bits per heavy atom. The van der Waals surface area contributed by atoms with Crippen molar-refractivity contribution in [3.8, 4) is 11.1 Å². The number of amides is 1. The van der Waals surface area contributed by atoms with E-state index in [0.29, 0.717) is 25.4 Å². The second-order valence-electron chi connectivity index (χ2n) is 13.0. The number of carbonyl (C=O) groups is 2. The van der Waals surface area contributed by atoms with E-state index in [1.807, 2.05) is 36.4 Å². The fourth-order valence-corrected chi connectivity index (χ4v) is 6.71. The largest absolute Gasteiger partial charge is 0.481 e. The number of hydrogen-bond acceptors (Lipinski definition) is 7. The van der Waals surface area contributed by atoms with E-state index in [9.17, 15) is 14.7 Å². The third-order valence-corrected chi connectivity index (χ3v) is 9.39. The molecule has 5 rings (SSSR count). The Morgan fingerprint density at radius 1 is 0.896 bits per heavy atom. The number of carbonyl (C=O) groups excluding carboxylic acids is 1. The van der Waals surface area contributed by atoms with Gasteiger partial charge in [-0.15, -0.1) is 0 Å². The molecule has 0 saturated carbocycles. The Hall–Kier alpha value is -3.60. The summed E-state index contributed by atoms with van der Waals surface area (Å²) in [6.45, 7) is 3.07. The fourth-order valence-electron chi connectivity index (χ4n) is 6.71. The van der Waals surface area contributed by atoms with Gasteiger partial charge in [0.2, 0.25) is 5.91 Å². The van der Waals surface area contributed by atoms with Crippen molar-refractivity contribution in [1.82, 2.24) is 10.2 Å². The number of benzene rings is 3. The van der Waals surface area contributed by atoms with Gasteiger partial charge in [0.1, 0.15) is 0 Å². The Bertz CT molecular complexity index is 1450. The maximum atomic E-state index is 12.4. The molecule has 0 unspecified atom stereocenters. The van der Waals surface area contributed by atoms with Crippen molar-refractivity contribution in [1.29, 1.82) is 0 Å². The van der Waals surface area contributed by atoms with Crippen LogP contribution in [0.1, 0.15) is 92.4 Å². The third-order valence-electron chi connectivity index (χ3n) is 9.39. The van der Waals surface area contributed by atoms with Crippen molar-refractivity contribution >= 4 is 11.9 Å². The van der Waals surface area contributed by atoms with Gasteiger partial charge in [-0.05, 0) is 66.1 Å². The molecule has 0 radical (unpaired) electrons. The molecule has 258 valence electrons. The van der Waals surface area contributed by atoms with Gasteiger partial charge in [-0.25, -0.2) is 0 Å². The topological polar surface area (TPSA) is 118 Å². The number of likely N-dealkylation sites (tertiary alicyclic amines) is 1. The molecule has 1 amide bonds. The lowest BCUT2D eigenvalue weighted by Gasteiger charge is -2.38. The molecule has 48 heavy (non-hydrogen) atoms. The fraction of sp³-hybridized carbons (Fsp3) is 0.487. The minimum absolute atomic E-state index is 0.00720. The maximum absolute atomic E-state index is 12.4. The van der Waals surface area contributed by atoms with Crippen LogP contribution in [-0.4, -0.2) is 65.9 Å². The van der Waals surface area contributed by atoms with Gasteiger partial charge in [0.15, 0.2) is 6.29 Å². The van der Waals surface area contributed by atoms with Crippen LogP contribution in [-0.2, 0) is 37.0 Å². The van der Waals surface area contributed by atoms with E-state index in [2.05, 4.69) is 46.6 Å². The zero-order chi connectivity index (χ0) is 33.7. The predicted octanol–water partition coefficient (Wildman–Crippen LogP) is 6.54. The van der Waals surface area contributed by atoms with Crippen LogP contribution in [0.25, 0.3) is 11.1 Å². The molecule has 0 spiro atoms. The number of carboxylic acid groups (broad SMARTS) is 1. The Balaban J connectivity index is 1.20. The van der Waals surface area contributed by atoms with Crippen LogP contribution in [0, 0.1) is 0 Å². The minimum Gasteiger partial charge on any atom is -0.481 e. The molecular formula is C39H50N2O7. The van der Waals surface area contributed by atoms with Gasteiger partial charge >= 0.3 is 5.97 Å². The zero-order valence-corrected chi connectivity index (χ0v) is 28.0. The Morgan fingerprint density at radius 2 is 1.65 bits per heavy atom. The molecule has 2 fully saturated rings. The number of nitrogens with zero attached hydrogens (tertiary/aromatic N) is 1. The highest BCUT2D eigenvalue weighted by Crippen LogP contribution is 2.39. The molecule has 0 aromatic heterocycles. The van der Waals surface area contributed by atoms with Crippen LogP contribution in [0.15, 0.2) is 72.8 Å². The molecule has 3 N–H and O–H groups in total. The van der Waals surface area contributed by atoms with Crippen molar-refractivity contribution in [2.24, 2.45) is 0 Å². The highest BCUT2D eigenvalue weighted by atomic mass is 16.7. The second-order valence-corrected chi connectivity index (χ2v) is 13.0. The van der Waals surface area contributed by atoms with E-state index in [1.165, 1.54) is 6.42 Å². The van der Waals surface area contributed by atoms with Gasteiger partial charge in [-0.3, -0.25) is 14.5 Å². The number of ether oxygens (including phenoxy) is 3. The molecule has 0 bridgehead atoms. The van der Waals surface area contributed by atoms with E-state index in [-0.39, 0.29) is 31.1 Å². The zero-order valence-electron chi connectivity index (χ0n) is 28.0. The number of aliphatic carboxylic acids is 1. The van der Waals surface area contributed by atoms with Crippen molar-refractivity contribution in [3.63, 3.8) is 0 Å². The number of carboxylic acids is 1. The average Bonchev–Trinajstić information content (AvgIpc) is 3.55. The van der Waals surface area contributed by atoms with Crippen LogP contribution in [0.3, 0.4) is 0 Å². The van der Waals surface area contributed by atoms with E-state index in [0.717, 1.165) is 85.2 Å². The third kappa shape index (κ3) is 10.4. The smallest absolute Gasteiger partial charge is 0.303 e. The summed E-state index contributed by atoms with van der Waals surface area (Å²) in [4.78, 5) is 25.5. The molecule has 2 saturated heterocycles. The molecule has 9 nitrogen and oxygen atoms in total. The molecule has 2 heterocycles. The highest BCUT2D eigenvalue weighted by molar-refractivity contribution is 5.76. The van der Waals surface area contributed by atoms with Gasteiger partial charge in [0.25, 0.3) is 0 Å². The predicted molar refractivity (Wildman–Crippen MR) is 184 cm³/mol. The first-order valence-electron chi connectivity index (χ1n) is 17.3. The summed E-state index contributed by atoms with van der Waals surface area (Å²) < 4.78 is 18.7. The van der Waals surface area contributed by atoms with Crippen molar-refractivity contribution < 1.29 is 34.0 Å². The van der Waals surface area contributed by atoms with Crippen LogP contribution in [0.2, 0.25) is 0 Å². The van der Waals surface area contributed by atoms with Gasteiger partial charge in [0.05, 0.1) is 25.4 Å². The first kappa shape index (κ1) is 35.7. The number of methoxy groups -OCH3 is 1. The van der Waals surface area contributed by atoms with Gasteiger partial charge in [0, 0.05) is 51.1 Å². The van der Waals surface area contributed by atoms with Crippen molar-refractivity contribution in [3.05, 3.63) is 95.1 Å². The van der Waals surface area contributed by atoms with E-state index < -0.39 is 12.3 Å². The monoisotopic (exact) mass is 658 g/mol. The number of unbranched alkanes of at least 4 members (excludes halogenated alkanes) is 3. The van der Waals surface area contributed by atoms with E-state index >= 15 is 0 Å². The van der Waals surface area contributed by atoms with Crippen molar-refractivity contribution in [2.75, 3.05) is 26.8 Å². The summed E-state index contributed by atoms with van der Waals surface area (Å²) in [5, 5.41) is 21.3. The molecule has 9 heteroatoms. The summed E-state index contributed by atoms with van der Waals surface area (Å²) in [7, 11) is 1.76. The summed E-state index contributed by atoms with van der Waals surface area (Å²) in [6.07, 6.45) is 6.13. The standard InChI is InChI=1S/C39H50N2O7/c1-46-27-34-10-7-21-41(34)25-35-23-36(31-15-13-28(26-42)14-16-31)48-39(47-35)32-19-17-30(18-20-32)33-9-6-8-29(22-33)24-40-37(43)11-4-2-3-5-12-38(44)45/h6,8-9,13-20,22,34-36,39,42H,2-5,7,10-12,21,23-27H2,1H3,(H,40,43)(H,44,45)/t34-,35-,36+,39+/m0/s1. The van der Waals surface area contributed by atoms with Gasteiger partial charge in [-0.1, -0.05) is 79.6 Å². The van der Waals surface area contributed by atoms with Crippen LogP contribution in [0.4, 0.5) is 0 Å². The number of rotatable bonds is 17. The number of hydrogen-bond donors (Lipinski definition) is 3. The number of aliphatic hydroxyl groups excluding tert-OH is 1. The molecular weight excluding hydrogens is 608 g/mol. The normalized spacial score (nSPS) is 21.3. The lowest BCUT2D eigenvalue weighted by Crippen LogP contribution is -2.42. The Kier molecular flexibility index (Phi) is 13.6. The highest BCUT2D eigenvalue weighted by Gasteiger charge is 2.35. The second kappa shape index (κ2) is 18.2. The van der Waals surface area contributed by atoms with Crippen LogP contribution >= 0.6 is 0 Å². The molecule has 3 aromatic rings. The molecule has 4 atom stereocenters. The summed E-state index contributed by atoms with van der Waals surface area (Å²) >= 11 is 0. The van der Waals surface area contributed by atoms with E-state index in [1.54, 1.807) is 7.11 Å². The number of aliphatic hydroxyl groups is 1. The molecule has 2 aliphatic heterocycles. The first-order chi connectivity index (χ1) is 23.4. The molecule has 2 aliphatic rings. The molecule has 3 aromatic carbocycles. The quantitative estimate of drug-likeness (QED) is 0.140. The van der Waals surface area contributed by atoms with Gasteiger partial charge in [-0.2, -0.15) is 0 Å². The minimum atomic E-state index is -0.771.